The van der Waals surface area contributed by atoms with Gasteiger partial charge < -0.3 is 20.9 Å². The van der Waals surface area contributed by atoms with Crippen molar-refractivity contribution >= 4 is 17.8 Å². The Kier molecular flexibility index (Phi) is 7.74. The van der Waals surface area contributed by atoms with E-state index in [4.69, 9.17) is 5.73 Å². The van der Waals surface area contributed by atoms with Crippen molar-refractivity contribution in [3.63, 3.8) is 0 Å². The van der Waals surface area contributed by atoms with Crippen molar-refractivity contribution in [1.29, 1.82) is 0 Å². The van der Waals surface area contributed by atoms with Crippen LogP contribution in [0.4, 0.5) is 0 Å². The van der Waals surface area contributed by atoms with Gasteiger partial charge in [-0.1, -0.05) is 13.8 Å². The lowest BCUT2D eigenvalue weighted by Crippen LogP contribution is -2.49. The third-order valence-electron chi connectivity index (χ3n) is 2.33. The summed E-state index contributed by atoms with van der Waals surface area (Å²) in [6.07, 6.45) is -1.32. The molecule has 0 fully saturated rings. The summed E-state index contributed by atoms with van der Waals surface area (Å²) < 4.78 is 4.67. The van der Waals surface area contributed by atoms with Crippen LogP contribution in [0.15, 0.2) is 0 Å². The van der Waals surface area contributed by atoms with Gasteiger partial charge in [0.1, 0.15) is 12.1 Å². The summed E-state index contributed by atoms with van der Waals surface area (Å²) in [6.45, 7) is 5.50. The highest BCUT2D eigenvalue weighted by molar-refractivity contribution is 5.91. The van der Waals surface area contributed by atoms with Crippen molar-refractivity contribution in [3.8, 4) is 0 Å². The third-order valence-corrected chi connectivity index (χ3v) is 2.33. The molecular weight excluding hydrogens is 252 g/mol. The van der Waals surface area contributed by atoms with Gasteiger partial charge in [0.25, 0.3) is 0 Å². The number of carbonyl (C=O) groups excluding carboxylic acids is 3. The summed E-state index contributed by atoms with van der Waals surface area (Å²) in [7, 11) is 0. The molecular formula is C12H22N2O5. The van der Waals surface area contributed by atoms with Crippen LogP contribution in [0.2, 0.25) is 0 Å². The van der Waals surface area contributed by atoms with Crippen molar-refractivity contribution in [2.24, 2.45) is 11.7 Å². The fraction of sp³-hybridized carbons (Fsp3) is 0.750. The van der Waals surface area contributed by atoms with E-state index in [1.165, 1.54) is 0 Å². The number of esters is 1. The van der Waals surface area contributed by atoms with Crippen molar-refractivity contribution in [1.82, 2.24) is 5.32 Å². The third kappa shape index (κ3) is 7.40. The fourth-order valence-corrected chi connectivity index (χ4v) is 1.43. The highest BCUT2D eigenvalue weighted by atomic mass is 16.5. The van der Waals surface area contributed by atoms with Crippen LogP contribution in [0.5, 0.6) is 0 Å². The summed E-state index contributed by atoms with van der Waals surface area (Å²) in [5.41, 5.74) is 5.09. The molecule has 7 nitrogen and oxygen atoms in total. The molecule has 0 saturated carbocycles. The molecule has 0 rings (SSSR count). The van der Waals surface area contributed by atoms with Crippen molar-refractivity contribution in [3.05, 3.63) is 0 Å². The molecule has 7 heteroatoms. The molecule has 0 aromatic carbocycles. The molecule has 0 unspecified atom stereocenters. The number of carbonyl (C=O) groups is 3. The number of hydrogen-bond acceptors (Lipinski definition) is 5. The average molecular weight is 274 g/mol. The molecule has 0 aliphatic heterocycles. The van der Waals surface area contributed by atoms with E-state index in [0.717, 1.165) is 0 Å². The number of rotatable bonds is 8. The normalized spacial score (nSPS) is 13.7. The zero-order valence-corrected chi connectivity index (χ0v) is 11.5. The fourth-order valence-electron chi connectivity index (χ4n) is 1.43. The Labute approximate surface area is 112 Å². The standard InChI is InChI=1S/C12H22N2O5/c1-4-19-10(16)6-8(11(13)17)14-12(18)9(15)5-7(2)3/h7-9,15H,4-6H2,1-3H3,(H2,13,17)(H,14,18)/t8-,9+/m1/s1. The van der Waals surface area contributed by atoms with E-state index in [1.54, 1.807) is 6.92 Å². The summed E-state index contributed by atoms with van der Waals surface area (Å²) in [6, 6.07) is -1.17. The van der Waals surface area contributed by atoms with Gasteiger partial charge in [0, 0.05) is 0 Å². The predicted octanol–water partition coefficient (Wildman–Crippen LogP) is -0.683. The first-order chi connectivity index (χ1) is 8.77. The summed E-state index contributed by atoms with van der Waals surface area (Å²) >= 11 is 0. The molecule has 4 N–H and O–H groups in total. The van der Waals surface area contributed by atoms with Crippen LogP contribution < -0.4 is 11.1 Å². The van der Waals surface area contributed by atoms with E-state index in [1.807, 2.05) is 13.8 Å². The van der Waals surface area contributed by atoms with Crippen LogP contribution in [0, 0.1) is 5.92 Å². The van der Waals surface area contributed by atoms with Gasteiger partial charge in [-0.25, -0.2) is 0 Å². The number of aliphatic hydroxyl groups excluding tert-OH is 1. The number of nitrogens with one attached hydrogen (secondary N) is 1. The van der Waals surface area contributed by atoms with Crippen molar-refractivity contribution < 1.29 is 24.2 Å². The van der Waals surface area contributed by atoms with E-state index in [-0.39, 0.29) is 25.4 Å². The topological polar surface area (TPSA) is 119 Å². The van der Waals surface area contributed by atoms with Gasteiger partial charge in [0.2, 0.25) is 11.8 Å². The van der Waals surface area contributed by atoms with Crippen LogP contribution in [0.1, 0.15) is 33.6 Å². The van der Waals surface area contributed by atoms with Gasteiger partial charge in [-0.2, -0.15) is 0 Å². The minimum atomic E-state index is -1.23. The zero-order valence-electron chi connectivity index (χ0n) is 11.5. The Morgan fingerprint density at radius 3 is 2.32 bits per heavy atom. The number of nitrogens with two attached hydrogens (primary N) is 1. The molecule has 0 spiro atoms. The van der Waals surface area contributed by atoms with Gasteiger partial charge >= 0.3 is 5.97 Å². The first kappa shape index (κ1) is 17.4. The molecule has 0 aromatic rings. The summed E-state index contributed by atoms with van der Waals surface area (Å²) in [5, 5.41) is 11.8. The van der Waals surface area contributed by atoms with E-state index in [2.05, 4.69) is 10.1 Å². The lowest BCUT2D eigenvalue weighted by atomic mass is 10.0. The SMILES string of the molecule is CCOC(=O)C[C@@H](NC(=O)[C@@H](O)CC(C)C)C(N)=O. The Bertz CT molecular complexity index is 330. The smallest absolute Gasteiger partial charge is 0.308 e. The van der Waals surface area contributed by atoms with E-state index in [9.17, 15) is 19.5 Å². The Balaban J connectivity index is 4.46. The average Bonchev–Trinajstić information content (AvgIpc) is 2.27. The van der Waals surface area contributed by atoms with E-state index < -0.39 is 29.9 Å². The number of amides is 2. The molecule has 0 radical (unpaired) electrons. The lowest BCUT2D eigenvalue weighted by Gasteiger charge is -2.18. The van der Waals surface area contributed by atoms with Crippen LogP contribution in [0.3, 0.4) is 0 Å². The number of hydrogen-bond donors (Lipinski definition) is 3. The molecule has 0 aliphatic rings. The first-order valence-electron chi connectivity index (χ1n) is 6.21. The minimum Gasteiger partial charge on any atom is -0.466 e. The lowest BCUT2D eigenvalue weighted by molar-refractivity contribution is -0.145. The Hall–Kier alpha value is -1.63. The van der Waals surface area contributed by atoms with Gasteiger partial charge in [0.15, 0.2) is 0 Å². The molecule has 0 bridgehead atoms. The van der Waals surface area contributed by atoms with E-state index >= 15 is 0 Å². The summed E-state index contributed by atoms with van der Waals surface area (Å²) in [4.78, 5) is 34.0. The maximum Gasteiger partial charge on any atom is 0.308 e. The molecule has 0 aromatic heterocycles. The second-order valence-corrected chi connectivity index (χ2v) is 4.62. The van der Waals surface area contributed by atoms with Gasteiger partial charge in [0.05, 0.1) is 13.0 Å². The maximum absolute atomic E-state index is 11.6. The molecule has 19 heavy (non-hydrogen) atoms. The minimum absolute atomic E-state index is 0.123. The molecule has 0 heterocycles. The van der Waals surface area contributed by atoms with Gasteiger partial charge in [-0.15, -0.1) is 0 Å². The number of primary amides is 1. The second-order valence-electron chi connectivity index (χ2n) is 4.62. The molecule has 2 atom stereocenters. The van der Waals surface area contributed by atoms with Crippen molar-refractivity contribution in [2.45, 2.75) is 45.8 Å². The first-order valence-corrected chi connectivity index (χ1v) is 6.21. The quantitative estimate of drug-likeness (QED) is 0.506. The second kappa shape index (κ2) is 8.47. The van der Waals surface area contributed by atoms with E-state index in [0.29, 0.717) is 0 Å². The monoisotopic (exact) mass is 274 g/mol. The van der Waals surface area contributed by atoms with Crippen molar-refractivity contribution in [2.75, 3.05) is 6.61 Å². The Morgan fingerprint density at radius 2 is 1.89 bits per heavy atom. The van der Waals surface area contributed by atoms with Crippen LogP contribution in [-0.2, 0) is 19.1 Å². The number of aliphatic hydroxyl groups is 1. The molecule has 2 amide bonds. The van der Waals surface area contributed by atoms with Crippen LogP contribution in [-0.4, -0.2) is 41.6 Å². The predicted molar refractivity (Wildman–Crippen MR) is 67.8 cm³/mol. The molecule has 110 valence electrons. The molecule has 0 aliphatic carbocycles. The van der Waals surface area contributed by atoms with Crippen LogP contribution in [0.25, 0.3) is 0 Å². The van der Waals surface area contributed by atoms with Gasteiger partial charge in [-0.05, 0) is 19.3 Å². The number of ether oxygens (including phenoxy) is 1. The molecule has 0 saturated heterocycles. The Morgan fingerprint density at radius 1 is 1.32 bits per heavy atom. The largest absolute Gasteiger partial charge is 0.466 e. The maximum atomic E-state index is 11.6. The van der Waals surface area contributed by atoms with Gasteiger partial charge in [-0.3, -0.25) is 14.4 Å². The van der Waals surface area contributed by atoms with Crippen LogP contribution >= 0.6 is 0 Å². The highest BCUT2D eigenvalue weighted by Crippen LogP contribution is 2.05. The summed E-state index contributed by atoms with van der Waals surface area (Å²) in [5.74, 6) is -2.08. The zero-order chi connectivity index (χ0) is 15.0. The highest BCUT2D eigenvalue weighted by Gasteiger charge is 2.25.